The van der Waals surface area contributed by atoms with Crippen LogP contribution in [0.25, 0.3) is 5.65 Å². The van der Waals surface area contributed by atoms with Gasteiger partial charge in [0.25, 0.3) is 0 Å². The Morgan fingerprint density at radius 2 is 1.93 bits per heavy atom. The Labute approximate surface area is 186 Å². The monoisotopic (exact) mass is 508 g/mol. The molecule has 0 amide bonds. The highest BCUT2D eigenvalue weighted by Crippen LogP contribution is 2.06. The zero-order chi connectivity index (χ0) is 19.8. The maximum atomic E-state index is 11.5. The van der Waals surface area contributed by atoms with Crippen LogP contribution in [-0.2, 0) is 17.7 Å². The largest absolute Gasteiger partial charge is 0.465 e. The molecule has 29 heavy (non-hydrogen) atoms. The fourth-order valence-electron chi connectivity index (χ4n) is 2.74. The van der Waals surface area contributed by atoms with Crippen LogP contribution in [0, 0.1) is 0 Å². The molecule has 154 valence electrons. The van der Waals surface area contributed by atoms with Crippen LogP contribution in [0.3, 0.4) is 0 Å². The number of guanidine groups is 1. The minimum Gasteiger partial charge on any atom is -0.465 e. The maximum absolute atomic E-state index is 11.5. The Kier molecular flexibility index (Phi) is 8.84. The molecule has 0 aliphatic heterocycles. The first-order chi connectivity index (χ1) is 13.7. The topological polar surface area (TPSA) is 92.9 Å². The smallest absolute Gasteiger partial charge is 0.337 e. The summed E-state index contributed by atoms with van der Waals surface area (Å²) in [5.74, 6) is 1.18. The molecule has 8 nitrogen and oxygen atoms in total. The zero-order valence-electron chi connectivity index (χ0n) is 16.5. The Balaban J connectivity index is 0.00000300. The van der Waals surface area contributed by atoms with Gasteiger partial charge in [-0.2, -0.15) is 0 Å². The molecule has 0 unspecified atom stereocenters. The molecule has 0 bridgehead atoms. The second-order valence-corrected chi connectivity index (χ2v) is 6.11. The van der Waals surface area contributed by atoms with Crippen molar-refractivity contribution in [1.29, 1.82) is 0 Å². The van der Waals surface area contributed by atoms with E-state index in [9.17, 15) is 4.79 Å². The van der Waals surface area contributed by atoms with Gasteiger partial charge in [0.1, 0.15) is 6.54 Å². The van der Waals surface area contributed by atoms with E-state index in [0.717, 1.165) is 36.0 Å². The van der Waals surface area contributed by atoms with Crippen molar-refractivity contribution >= 4 is 41.6 Å². The molecule has 0 aliphatic carbocycles. The van der Waals surface area contributed by atoms with E-state index in [4.69, 9.17) is 4.74 Å². The van der Waals surface area contributed by atoms with Crippen LogP contribution in [0.4, 0.5) is 0 Å². The number of rotatable bonds is 7. The Morgan fingerprint density at radius 1 is 1.14 bits per heavy atom. The summed E-state index contributed by atoms with van der Waals surface area (Å²) in [4.78, 5) is 16.1. The van der Waals surface area contributed by atoms with E-state index in [1.165, 1.54) is 7.11 Å². The van der Waals surface area contributed by atoms with E-state index in [0.29, 0.717) is 18.7 Å². The van der Waals surface area contributed by atoms with Crippen molar-refractivity contribution in [2.24, 2.45) is 4.99 Å². The van der Waals surface area contributed by atoms with Crippen molar-refractivity contribution < 1.29 is 9.53 Å². The van der Waals surface area contributed by atoms with Crippen molar-refractivity contribution in [3.63, 3.8) is 0 Å². The standard InChI is InChI=1S/C20H24N6O2.HI/c1-3-21-20(23-14-18-25-24-17-6-4-5-13-26(17)18)22-12-11-15-7-9-16(10-8-15)19(27)28-2;/h4-10,13H,3,11-12,14H2,1-2H3,(H2,21,22,23);1H. The molecule has 2 aromatic heterocycles. The first kappa shape index (κ1) is 22.6. The number of benzene rings is 1. The number of halogens is 1. The molecule has 0 spiro atoms. The predicted octanol–water partition coefficient (Wildman–Crippen LogP) is 2.43. The molecule has 2 heterocycles. The van der Waals surface area contributed by atoms with Crippen molar-refractivity contribution in [1.82, 2.24) is 25.2 Å². The van der Waals surface area contributed by atoms with Gasteiger partial charge in [-0.3, -0.25) is 4.40 Å². The summed E-state index contributed by atoms with van der Waals surface area (Å²) in [6.45, 7) is 3.92. The number of hydrogen-bond donors (Lipinski definition) is 2. The van der Waals surface area contributed by atoms with Crippen LogP contribution < -0.4 is 10.6 Å². The van der Waals surface area contributed by atoms with E-state index >= 15 is 0 Å². The fourth-order valence-corrected chi connectivity index (χ4v) is 2.74. The molecule has 3 rings (SSSR count). The van der Waals surface area contributed by atoms with Gasteiger partial charge in [0.2, 0.25) is 0 Å². The second-order valence-electron chi connectivity index (χ2n) is 6.11. The van der Waals surface area contributed by atoms with Crippen molar-refractivity contribution in [3.8, 4) is 0 Å². The summed E-state index contributed by atoms with van der Waals surface area (Å²) < 4.78 is 6.64. The third-order valence-electron chi connectivity index (χ3n) is 4.19. The summed E-state index contributed by atoms with van der Waals surface area (Å²) in [7, 11) is 1.38. The van der Waals surface area contributed by atoms with Gasteiger partial charge in [0.15, 0.2) is 17.4 Å². The molecule has 0 saturated heterocycles. The molecule has 9 heteroatoms. The highest BCUT2D eigenvalue weighted by molar-refractivity contribution is 14.0. The lowest BCUT2D eigenvalue weighted by atomic mass is 10.1. The van der Waals surface area contributed by atoms with Crippen LogP contribution >= 0.6 is 24.0 Å². The summed E-state index contributed by atoms with van der Waals surface area (Å²) in [5, 5.41) is 14.9. The number of pyridine rings is 1. The maximum Gasteiger partial charge on any atom is 0.337 e. The number of aliphatic imine (C=N–C) groups is 1. The highest BCUT2D eigenvalue weighted by atomic mass is 127. The second kappa shape index (κ2) is 11.3. The normalized spacial score (nSPS) is 11.0. The van der Waals surface area contributed by atoms with Gasteiger partial charge in [-0.1, -0.05) is 18.2 Å². The predicted molar refractivity (Wildman–Crippen MR) is 123 cm³/mol. The van der Waals surface area contributed by atoms with E-state index < -0.39 is 0 Å². The fraction of sp³-hybridized carbons (Fsp3) is 0.300. The number of methoxy groups -OCH3 is 1. The van der Waals surface area contributed by atoms with Gasteiger partial charge in [-0.25, -0.2) is 9.79 Å². The van der Waals surface area contributed by atoms with Gasteiger partial charge in [0.05, 0.1) is 12.7 Å². The lowest BCUT2D eigenvalue weighted by molar-refractivity contribution is 0.0600. The first-order valence-corrected chi connectivity index (χ1v) is 9.19. The van der Waals surface area contributed by atoms with Crippen LogP contribution in [0.1, 0.15) is 28.7 Å². The number of carbonyl (C=O) groups excluding carboxylic acids is 1. The Hall–Kier alpha value is -2.69. The van der Waals surface area contributed by atoms with Gasteiger partial charge in [-0.15, -0.1) is 34.2 Å². The number of nitrogens with zero attached hydrogens (tertiary/aromatic N) is 4. The van der Waals surface area contributed by atoms with E-state index in [2.05, 4.69) is 25.8 Å². The van der Waals surface area contributed by atoms with E-state index in [-0.39, 0.29) is 29.9 Å². The third-order valence-corrected chi connectivity index (χ3v) is 4.19. The minimum atomic E-state index is -0.327. The van der Waals surface area contributed by atoms with Crippen LogP contribution in [0.5, 0.6) is 0 Å². The van der Waals surface area contributed by atoms with E-state index in [1.54, 1.807) is 12.1 Å². The third kappa shape index (κ3) is 6.14. The lowest BCUT2D eigenvalue weighted by Crippen LogP contribution is -2.38. The molecule has 1 aromatic carbocycles. The van der Waals surface area contributed by atoms with E-state index in [1.807, 2.05) is 47.9 Å². The van der Waals surface area contributed by atoms with Crippen molar-refractivity contribution in [3.05, 3.63) is 65.6 Å². The van der Waals surface area contributed by atoms with Gasteiger partial charge < -0.3 is 15.4 Å². The summed E-state index contributed by atoms with van der Waals surface area (Å²) in [5.41, 5.74) is 2.48. The molecule has 0 aliphatic rings. The van der Waals surface area contributed by atoms with Gasteiger partial charge in [0, 0.05) is 19.3 Å². The molecular weight excluding hydrogens is 483 g/mol. The summed E-state index contributed by atoms with van der Waals surface area (Å²) in [6.07, 6.45) is 2.73. The van der Waals surface area contributed by atoms with Crippen molar-refractivity contribution in [2.45, 2.75) is 19.9 Å². The number of nitrogens with one attached hydrogen (secondary N) is 2. The molecular formula is C20H25IN6O2. The average Bonchev–Trinajstić information content (AvgIpc) is 3.15. The van der Waals surface area contributed by atoms with Crippen molar-refractivity contribution in [2.75, 3.05) is 20.2 Å². The zero-order valence-corrected chi connectivity index (χ0v) is 18.8. The SMILES string of the molecule is CCNC(=NCc1nnc2ccccn12)NCCc1ccc(C(=O)OC)cc1.I. The first-order valence-electron chi connectivity index (χ1n) is 9.19. The van der Waals surface area contributed by atoms with Crippen LogP contribution in [-0.4, -0.2) is 46.7 Å². The van der Waals surface area contributed by atoms with Gasteiger partial charge >= 0.3 is 5.97 Å². The molecule has 3 aromatic rings. The molecule has 0 fully saturated rings. The molecule has 0 radical (unpaired) electrons. The van der Waals surface area contributed by atoms with Crippen LogP contribution in [0.15, 0.2) is 53.7 Å². The number of esters is 1. The van der Waals surface area contributed by atoms with Crippen LogP contribution in [0.2, 0.25) is 0 Å². The number of hydrogen-bond acceptors (Lipinski definition) is 5. The average molecular weight is 508 g/mol. The number of carbonyl (C=O) groups is 1. The highest BCUT2D eigenvalue weighted by Gasteiger charge is 2.06. The minimum absolute atomic E-state index is 0. The molecule has 0 saturated carbocycles. The number of ether oxygens (including phenoxy) is 1. The molecule has 2 N–H and O–H groups in total. The summed E-state index contributed by atoms with van der Waals surface area (Å²) >= 11 is 0. The number of aromatic nitrogens is 3. The molecule has 0 atom stereocenters. The number of fused-ring (bicyclic) bond motifs is 1. The quantitative estimate of drug-likeness (QED) is 0.221. The van der Waals surface area contributed by atoms with Gasteiger partial charge in [-0.05, 0) is 43.2 Å². The Bertz CT molecular complexity index is 955. The lowest BCUT2D eigenvalue weighted by Gasteiger charge is -2.11. The summed E-state index contributed by atoms with van der Waals surface area (Å²) in [6, 6.07) is 13.2. The Morgan fingerprint density at radius 3 is 2.66 bits per heavy atom.